The van der Waals surface area contributed by atoms with E-state index in [9.17, 15) is 0 Å². The Bertz CT molecular complexity index is 520. The Morgan fingerprint density at radius 2 is 1.55 bits per heavy atom. The minimum absolute atomic E-state index is 0.102. The first-order valence-electron chi connectivity index (χ1n) is 6.84. The van der Waals surface area contributed by atoms with E-state index in [0.717, 1.165) is 29.0 Å². The van der Waals surface area contributed by atoms with Crippen molar-refractivity contribution in [1.29, 1.82) is 0 Å². The molecule has 0 radical (unpaired) electrons. The van der Waals surface area contributed by atoms with Gasteiger partial charge >= 0.3 is 0 Å². The van der Waals surface area contributed by atoms with E-state index < -0.39 is 0 Å². The Morgan fingerprint density at radius 1 is 0.950 bits per heavy atom. The summed E-state index contributed by atoms with van der Waals surface area (Å²) in [5.41, 5.74) is 8.24. The highest BCUT2D eigenvalue weighted by molar-refractivity contribution is 5.30. The number of benzene rings is 2. The molecule has 1 atom stereocenters. The molecule has 0 saturated carbocycles. The molecule has 0 spiro atoms. The molecular weight excluding hydrogens is 250 g/mol. The van der Waals surface area contributed by atoms with Gasteiger partial charge in [0.15, 0.2) is 0 Å². The minimum Gasteiger partial charge on any atom is -0.497 e. The Hall–Kier alpha value is -2.00. The lowest BCUT2D eigenvalue weighted by molar-refractivity contribution is 0.306. The summed E-state index contributed by atoms with van der Waals surface area (Å²) < 4.78 is 10.9. The van der Waals surface area contributed by atoms with Crippen LogP contribution in [0.1, 0.15) is 30.5 Å². The van der Waals surface area contributed by atoms with E-state index >= 15 is 0 Å². The molecule has 0 aliphatic heterocycles. The zero-order chi connectivity index (χ0) is 14.4. The monoisotopic (exact) mass is 271 g/mol. The van der Waals surface area contributed by atoms with Gasteiger partial charge in [-0.25, -0.2) is 0 Å². The van der Waals surface area contributed by atoms with Crippen LogP contribution in [0.3, 0.4) is 0 Å². The highest BCUT2D eigenvalue weighted by atomic mass is 16.5. The largest absolute Gasteiger partial charge is 0.497 e. The highest BCUT2D eigenvalue weighted by Crippen LogP contribution is 2.19. The van der Waals surface area contributed by atoms with Crippen LogP contribution in [0.4, 0.5) is 0 Å². The second-order valence-corrected chi connectivity index (χ2v) is 4.72. The van der Waals surface area contributed by atoms with Crippen LogP contribution >= 0.6 is 0 Å². The molecule has 0 aromatic heterocycles. The summed E-state index contributed by atoms with van der Waals surface area (Å²) in [6.07, 6.45) is 0.937. The molecule has 0 unspecified atom stereocenters. The number of rotatable bonds is 6. The predicted molar refractivity (Wildman–Crippen MR) is 81.0 cm³/mol. The van der Waals surface area contributed by atoms with Gasteiger partial charge < -0.3 is 15.2 Å². The molecule has 0 heterocycles. The van der Waals surface area contributed by atoms with Gasteiger partial charge in [0.1, 0.15) is 18.1 Å². The lowest BCUT2D eigenvalue weighted by Crippen LogP contribution is -2.08. The van der Waals surface area contributed by atoms with Gasteiger partial charge in [0.2, 0.25) is 0 Å². The van der Waals surface area contributed by atoms with E-state index in [2.05, 4.69) is 6.92 Å². The molecule has 0 aliphatic carbocycles. The van der Waals surface area contributed by atoms with Crippen LogP contribution in [0.5, 0.6) is 11.5 Å². The van der Waals surface area contributed by atoms with Crippen molar-refractivity contribution in [3.63, 3.8) is 0 Å². The fourth-order valence-corrected chi connectivity index (χ4v) is 1.94. The van der Waals surface area contributed by atoms with Gasteiger partial charge in [-0.05, 0) is 41.8 Å². The third-order valence-corrected chi connectivity index (χ3v) is 3.31. The molecular formula is C17H21NO2. The fourth-order valence-electron chi connectivity index (χ4n) is 1.94. The topological polar surface area (TPSA) is 44.5 Å². The van der Waals surface area contributed by atoms with Crippen molar-refractivity contribution in [3.8, 4) is 11.5 Å². The van der Waals surface area contributed by atoms with E-state index in [1.54, 1.807) is 7.11 Å². The van der Waals surface area contributed by atoms with Crippen LogP contribution in [0, 0.1) is 0 Å². The number of hydrogen-bond donors (Lipinski definition) is 1. The Kier molecular flexibility index (Phi) is 5.02. The van der Waals surface area contributed by atoms with Crippen LogP contribution in [0.2, 0.25) is 0 Å². The maximum Gasteiger partial charge on any atom is 0.119 e. The summed E-state index contributed by atoms with van der Waals surface area (Å²) in [6, 6.07) is 16.0. The van der Waals surface area contributed by atoms with Crippen molar-refractivity contribution < 1.29 is 9.47 Å². The molecule has 3 heteroatoms. The summed E-state index contributed by atoms with van der Waals surface area (Å²) in [5, 5.41) is 0. The van der Waals surface area contributed by atoms with Crippen LogP contribution < -0.4 is 15.2 Å². The van der Waals surface area contributed by atoms with E-state index in [4.69, 9.17) is 15.2 Å². The highest BCUT2D eigenvalue weighted by Gasteiger charge is 2.03. The van der Waals surface area contributed by atoms with Crippen molar-refractivity contribution in [2.45, 2.75) is 26.0 Å². The van der Waals surface area contributed by atoms with Gasteiger partial charge in [-0.3, -0.25) is 0 Å². The van der Waals surface area contributed by atoms with Crippen LogP contribution in [0.15, 0.2) is 48.5 Å². The average molecular weight is 271 g/mol. The lowest BCUT2D eigenvalue weighted by atomic mass is 10.1. The summed E-state index contributed by atoms with van der Waals surface area (Å²) in [6.45, 7) is 2.63. The molecule has 0 aliphatic rings. The summed E-state index contributed by atoms with van der Waals surface area (Å²) in [7, 11) is 1.66. The molecule has 2 aromatic rings. The van der Waals surface area contributed by atoms with E-state index in [0.29, 0.717) is 6.61 Å². The van der Waals surface area contributed by atoms with Crippen molar-refractivity contribution in [3.05, 3.63) is 59.7 Å². The van der Waals surface area contributed by atoms with Gasteiger partial charge in [-0.15, -0.1) is 0 Å². The number of ether oxygens (including phenoxy) is 2. The van der Waals surface area contributed by atoms with E-state index in [1.807, 2.05) is 48.5 Å². The Balaban J connectivity index is 1.93. The first kappa shape index (κ1) is 14.4. The number of hydrogen-bond acceptors (Lipinski definition) is 3. The smallest absolute Gasteiger partial charge is 0.119 e. The van der Waals surface area contributed by atoms with Gasteiger partial charge in [-0.2, -0.15) is 0 Å². The Labute approximate surface area is 120 Å². The first-order valence-corrected chi connectivity index (χ1v) is 6.84. The quantitative estimate of drug-likeness (QED) is 0.871. The summed E-state index contributed by atoms with van der Waals surface area (Å²) in [4.78, 5) is 0. The van der Waals surface area contributed by atoms with Gasteiger partial charge in [0.05, 0.1) is 7.11 Å². The molecule has 2 rings (SSSR count). The van der Waals surface area contributed by atoms with Crippen LogP contribution in [0.25, 0.3) is 0 Å². The van der Waals surface area contributed by atoms with Gasteiger partial charge in [0.25, 0.3) is 0 Å². The van der Waals surface area contributed by atoms with Crippen molar-refractivity contribution in [2.75, 3.05) is 7.11 Å². The number of nitrogens with two attached hydrogens (primary N) is 1. The van der Waals surface area contributed by atoms with Crippen LogP contribution in [-0.2, 0) is 6.61 Å². The summed E-state index contributed by atoms with van der Waals surface area (Å²) >= 11 is 0. The molecule has 0 amide bonds. The first-order chi connectivity index (χ1) is 9.72. The molecule has 0 fully saturated rings. The zero-order valence-corrected chi connectivity index (χ0v) is 12.0. The molecule has 0 saturated heterocycles. The van der Waals surface area contributed by atoms with Gasteiger partial charge in [0, 0.05) is 6.04 Å². The molecule has 0 bridgehead atoms. The molecule has 2 N–H and O–H groups in total. The fraction of sp³-hybridized carbons (Fsp3) is 0.294. The maximum atomic E-state index is 5.98. The SMILES string of the molecule is CC[C@@H](N)c1ccc(OCc2ccc(OC)cc2)cc1. The normalized spacial score (nSPS) is 11.9. The summed E-state index contributed by atoms with van der Waals surface area (Å²) in [5.74, 6) is 1.71. The van der Waals surface area contributed by atoms with E-state index in [-0.39, 0.29) is 6.04 Å². The van der Waals surface area contributed by atoms with Gasteiger partial charge in [-0.1, -0.05) is 31.2 Å². The number of methoxy groups -OCH3 is 1. The molecule has 20 heavy (non-hydrogen) atoms. The second-order valence-electron chi connectivity index (χ2n) is 4.72. The average Bonchev–Trinajstić information content (AvgIpc) is 2.53. The molecule has 106 valence electrons. The van der Waals surface area contributed by atoms with Crippen molar-refractivity contribution in [1.82, 2.24) is 0 Å². The maximum absolute atomic E-state index is 5.98. The third kappa shape index (κ3) is 3.75. The molecule has 2 aromatic carbocycles. The Morgan fingerprint density at radius 3 is 2.10 bits per heavy atom. The van der Waals surface area contributed by atoms with E-state index in [1.165, 1.54) is 0 Å². The predicted octanol–water partition coefficient (Wildman–Crippen LogP) is 3.68. The van der Waals surface area contributed by atoms with Crippen molar-refractivity contribution in [2.24, 2.45) is 5.73 Å². The minimum atomic E-state index is 0.102. The zero-order valence-electron chi connectivity index (χ0n) is 12.0. The standard InChI is InChI=1S/C17H21NO2/c1-3-17(18)14-6-10-16(11-7-14)20-12-13-4-8-15(19-2)9-5-13/h4-11,17H,3,12,18H2,1-2H3/t17-/m1/s1. The third-order valence-electron chi connectivity index (χ3n) is 3.31. The van der Waals surface area contributed by atoms with Crippen LogP contribution in [-0.4, -0.2) is 7.11 Å². The lowest BCUT2D eigenvalue weighted by Gasteiger charge is -2.11. The van der Waals surface area contributed by atoms with Crippen molar-refractivity contribution >= 4 is 0 Å². The molecule has 3 nitrogen and oxygen atoms in total. The second kappa shape index (κ2) is 6.96.